The van der Waals surface area contributed by atoms with Gasteiger partial charge in [-0.2, -0.15) is 5.10 Å². The number of nitrogens with one attached hydrogen (secondary N) is 1. The molecule has 0 saturated carbocycles. The zero-order valence-electron chi connectivity index (χ0n) is 15.1. The van der Waals surface area contributed by atoms with Crippen LogP contribution in [0.4, 0.5) is 0 Å². The maximum atomic E-state index is 12.9. The third-order valence-electron chi connectivity index (χ3n) is 4.38. The van der Waals surface area contributed by atoms with Crippen LogP contribution < -0.4 is 5.43 Å². The maximum Gasteiger partial charge on any atom is 0.272 e. The minimum atomic E-state index is -0.331. The molecule has 6 heteroatoms. The number of rotatable bonds is 4. The van der Waals surface area contributed by atoms with Crippen LogP contribution in [0.3, 0.4) is 0 Å². The molecule has 0 aliphatic heterocycles. The maximum absolute atomic E-state index is 12.9. The van der Waals surface area contributed by atoms with E-state index in [1.807, 2.05) is 54.6 Å². The molecule has 142 valence electrons. The molecular formula is C23H15Cl2N3O. The van der Waals surface area contributed by atoms with Crippen molar-refractivity contribution in [3.63, 3.8) is 0 Å². The number of pyridine rings is 1. The van der Waals surface area contributed by atoms with Crippen LogP contribution in [0.2, 0.25) is 10.0 Å². The zero-order valence-corrected chi connectivity index (χ0v) is 16.7. The normalized spacial score (nSPS) is 11.1. The molecule has 0 aliphatic carbocycles. The molecule has 4 rings (SSSR count). The average Bonchev–Trinajstić information content (AvgIpc) is 2.74. The van der Waals surface area contributed by atoms with Crippen LogP contribution in [0.5, 0.6) is 0 Å². The number of aromatic nitrogens is 1. The van der Waals surface area contributed by atoms with Crippen LogP contribution in [-0.4, -0.2) is 17.1 Å². The molecular weight excluding hydrogens is 405 g/mol. The Labute approximate surface area is 177 Å². The molecule has 1 aromatic heterocycles. The molecule has 0 aliphatic rings. The SMILES string of the molecule is O=C(N/N=C/c1ccccc1Cl)c1cc(-c2ccc(Cl)cc2)nc2ccccc12. The topological polar surface area (TPSA) is 54.4 Å². The van der Waals surface area contributed by atoms with E-state index in [1.165, 1.54) is 6.21 Å². The van der Waals surface area contributed by atoms with E-state index in [1.54, 1.807) is 24.3 Å². The van der Waals surface area contributed by atoms with Crippen molar-refractivity contribution in [3.05, 3.63) is 100 Å². The quantitative estimate of drug-likeness (QED) is 0.327. The fourth-order valence-corrected chi connectivity index (χ4v) is 3.24. The Morgan fingerprint density at radius 1 is 0.931 bits per heavy atom. The van der Waals surface area contributed by atoms with Gasteiger partial charge in [0.15, 0.2) is 0 Å². The number of fused-ring (bicyclic) bond motifs is 1. The second kappa shape index (κ2) is 8.43. The highest BCUT2D eigenvalue weighted by molar-refractivity contribution is 6.33. The van der Waals surface area contributed by atoms with E-state index in [0.717, 1.165) is 22.0 Å². The summed E-state index contributed by atoms with van der Waals surface area (Å²) in [7, 11) is 0. The highest BCUT2D eigenvalue weighted by Crippen LogP contribution is 2.26. The van der Waals surface area contributed by atoms with E-state index in [4.69, 9.17) is 23.2 Å². The van der Waals surface area contributed by atoms with Crippen molar-refractivity contribution in [2.24, 2.45) is 5.10 Å². The van der Waals surface area contributed by atoms with Crippen molar-refractivity contribution in [1.82, 2.24) is 10.4 Å². The molecule has 0 spiro atoms. The summed E-state index contributed by atoms with van der Waals surface area (Å²) in [6, 6.07) is 23.8. The number of carbonyl (C=O) groups excluding carboxylic acids is 1. The Balaban J connectivity index is 1.69. The van der Waals surface area contributed by atoms with Crippen LogP contribution in [0.1, 0.15) is 15.9 Å². The Morgan fingerprint density at radius 2 is 1.66 bits per heavy atom. The largest absolute Gasteiger partial charge is 0.272 e. The first-order chi connectivity index (χ1) is 14.1. The lowest BCUT2D eigenvalue weighted by atomic mass is 10.0. The van der Waals surface area contributed by atoms with Gasteiger partial charge in [-0.25, -0.2) is 10.4 Å². The van der Waals surface area contributed by atoms with E-state index < -0.39 is 0 Å². The molecule has 1 heterocycles. The minimum Gasteiger partial charge on any atom is -0.267 e. The lowest BCUT2D eigenvalue weighted by molar-refractivity contribution is 0.0956. The zero-order chi connectivity index (χ0) is 20.2. The number of nitrogens with zero attached hydrogens (tertiary/aromatic N) is 2. The first-order valence-corrected chi connectivity index (χ1v) is 9.61. The van der Waals surface area contributed by atoms with Gasteiger partial charge in [-0.05, 0) is 30.3 Å². The summed E-state index contributed by atoms with van der Waals surface area (Å²) < 4.78 is 0. The number of hydrogen-bond donors (Lipinski definition) is 1. The molecule has 0 unspecified atom stereocenters. The van der Waals surface area contributed by atoms with Gasteiger partial charge in [0.25, 0.3) is 5.91 Å². The number of amides is 1. The second-order valence-corrected chi connectivity index (χ2v) is 7.14. The first kappa shape index (κ1) is 19.1. The van der Waals surface area contributed by atoms with Gasteiger partial charge in [0.1, 0.15) is 0 Å². The number of para-hydroxylation sites is 1. The average molecular weight is 420 g/mol. The number of hydrazone groups is 1. The monoisotopic (exact) mass is 419 g/mol. The summed E-state index contributed by atoms with van der Waals surface area (Å²) in [5, 5.41) is 6.00. The lowest BCUT2D eigenvalue weighted by Gasteiger charge is -2.09. The number of halogens is 2. The Bertz CT molecular complexity index is 1220. The molecule has 29 heavy (non-hydrogen) atoms. The van der Waals surface area contributed by atoms with Gasteiger partial charge in [0.2, 0.25) is 0 Å². The molecule has 4 aromatic rings. The van der Waals surface area contributed by atoms with Crippen molar-refractivity contribution >= 4 is 46.2 Å². The van der Waals surface area contributed by atoms with Crippen LogP contribution >= 0.6 is 23.2 Å². The van der Waals surface area contributed by atoms with E-state index in [-0.39, 0.29) is 5.91 Å². The van der Waals surface area contributed by atoms with E-state index in [2.05, 4.69) is 15.5 Å². The number of hydrogen-bond acceptors (Lipinski definition) is 3. The summed E-state index contributed by atoms with van der Waals surface area (Å²) in [5.41, 5.74) is 6.05. The van der Waals surface area contributed by atoms with Gasteiger partial charge in [0.05, 0.1) is 23.0 Å². The highest BCUT2D eigenvalue weighted by atomic mass is 35.5. The third-order valence-corrected chi connectivity index (χ3v) is 4.97. The Hall–Kier alpha value is -3.21. The first-order valence-electron chi connectivity index (χ1n) is 8.85. The van der Waals surface area contributed by atoms with E-state index in [0.29, 0.717) is 21.3 Å². The smallest absolute Gasteiger partial charge is 0.267 e. The predicted octanol–water partition coefficient (Wildman–Crippen LogP) is 5.97. The summed E-state index contributed by atoms with van der Waals surface area (Å²) in [4.78, 5) is 17.5. The molecule has 0 fully saturated rings. The summed E-state index contributed by atoms with van der Waals surface area (Å²) in [6.07, 6.45) is 1.52. The van der Waals surface area contributed by atoms with Gasteiger partial charge >= 0.3 is 0 Å². The van der Waals surface area contributed by atoms with E-state index in [9.17, 15) is 4.79 Å². The summed E-state index contributed by atoms with van der Waals surface area (Å²) in [5.74, 6) is -0.331. The summed E-state index contributed by atoms with van der Waals surface area (Å²) in [6.45, 7) is 0. The van der Waals surface area contributed by atoms with Gasteiger partial charge in [-0.3, -0.25) is 4.79 Å². The molecule has 0 saturated heterocycles. The lowest BCUT2D eigenvalue weighted by Crippen LogP contribution is -2.18. The van der Waals surface area contributed by atoms with Crippen molar-refractivity contribution in [1.29, 1.82) is 0 Å². The minimum absolute atomic E-state index is 0.331. The molecule has 3 aromatic carbocycles. The van der Waals surface area contributed by atoms with Crippen molar-refractivity contribution < 1.29 is 4.79 Å². The Morgan fingerprint density at radius 3 is 2.45 bits per heavy atom. The van der Waals surface area contributed by atoms with Crippen LogP contribution in [0.25, 0.3) is 22.2 Å². The van der Waals surface area contributed by atoms with Crippen molar-refractivity contribution in [2.75, 3.05) is 0 Å². The van der Waals surface area contributed by atoms with E-state index >= 15 is 0 Å². The second-order valence-electron chi connectivity index (χ2n) is 6.30. The Kier molecular flexibility index (Phi) is 5.56. The number of benzene rings is 3. The van der Waals surface area contributed by atoms with Gasteiger partial charge in [0, 0.05) is 26.6 Å². The standard InChI is InChI=1S/C23H15Cl2N3O/c24-17-11-9-15(10-12-17)22-13-19(18-6-2-4-8-21(18)27-22)23(29)28-26-14-16-5-1-3-7-20(16)25/h1-14H,(H,28,29)/b26-14+. The number of carbonyl (C=O) groups is 1. The predicted molar refractivity (Wildman–Crippen MR) is 119 cm³/mol. The molecule has 1 amide bonds. The molecule has 0 bridgehead atoms. The van der Waals surface area contributed by atoms with Gasteiger partial charge < -0.3 is 0 Å². The van der Waals surface area contributed by atoms with Crippen LogP contribution in [-0.2, 0) is 0 Å². The fraction of sp³-hybridized carbons (Fsp3) is 0. The van der Waals surface area contributed by atoms with Crippen molar-refractivity contribution in [3.8, 4) is 11.3 Å². The third kappa shape index (κ3) is 4.29. The van der Waals surface area contributed by atoms with Gasteiger partial charge in [-0.15, -0.1) is 0 Å². The van der Waals surface area contributed by atoms with Crippen molar-refractivity contribution in [2.45, 2.75) is 0 Å². The molecule has 0 atom stereocenters. The molecule has 4 nitrogen and oxygen atoms in total. The summed E-state index contributed by atoms with van der Waals surface area (Å²) >= 11 is 12.1. The highest BCUT2D eigenvalue weighted by Gasteiger charge is 2.13. The molecule has 1 N–H and O–H groups in total. The fourth-order valence-electron chi connectivity index (χ4n) is 2.93. The van der Waals surface area contributed by atoms with Gasteiger partial charge in [-0.1, -0.05) is 71.7 Å². The van der Waals surface area contributed by atoms with Crippen LogP contribution in [0, 0.1) is 0 Å². The molecule has 0 radical (unpaired) electrons. The van der Waals surface area contributed by atoms with Crippen LogP contribution in [0.15, 0.2) is 84.0 Å².